The molecule has 0 aromatic heterocycles. The molecule has 4 nitrogen and oxygen atoms in total. The van der Waals surface area contributed by atoms with Crippen molar-refractivity contribution in [3.63, 3.8) is 0 Å². The Balaban J connectivity index is 3.24. The van der Waals surface area contributed by atoms with Crippen LogP contribution in [0.4, 0.5) is 14.5 Å². The van der Waals surface area contributed by atoms with Crippen molar-refractivity contribution in [2.24, 2.45) is 5.73 Å². The second kappa shape index (κ2) is 5.57. The average Bonchev–Trinajstić information content (AvgIpc) is 2.28. The first-order valence-electron chi connectivity index (χ1n) is 5.38. The quantitative estimate of drug-likeness (QED) is 0.811. The van der Waals surface area contributed by atoms with Crippen LogP contribution >= 0.6 is 0 Å². The van der Waals surface area contributed by atoms with E-state index in [4.69, 9.17) is 5.73 Å². The van der Waals surface area contributed by atoms with Gasteiger partial charge >= 0.3 is 0 Å². The number of likely N-dealkylation sites (N-methyl/N-ethyl adjacent to an activating group) is 1. The van der Waals surface area contributed by atoms with Crippen LogP contribution in [-0.4, -0.2) is 25.3 Å². The Kier molecular flexibility index (Phi) is 4.36. The van der Waals surface area contributed by atoms with E-state index < -0.39 is 23.6 Å². The molecule has 0 aliphatic rings. The summed E-state index contributed by atoms with van der Waals surface area (Å²) in [6.45, 7) is 1.68. The first-order valence-corrected chi connectivity index (χ1v) is 5.38. The van der Waals surface area contributed by atoms with E-state index in [0.29, 0.717) is 12.7 Å². The van der Waals surface area contributed by atoms with Crippen LogP contribution in [0.5, 0.6) is 0 Å². The lowest BCUT2D eigenvalue weighted by Gasteiger charge is -2.27. The molecule has 0 fully saturated rings. The second-order valence-corrected chi connectivity index (χ2v) is 3.89. The molecule has 1 rings (SSSR count). The highest BCUT2D eigenvalue weighted by atomic mass is 19.1. The van der Waals surface area contributed by atoms with E-state index in [2.05, 4.69) is 0 Å². The Morgan fingerprint density at radius 2 is 1.94 bits per heavy atom. The summed E-state index contributed by atoms with van der Waals surface area (Å²) in [6.07, 6.45) is 0.668. The van der Waals surface area contributed by atoms with E-state index in [1.165, 1.54) is 7.05 Å². The summed E-state index contributed by atoms with van der Waals surface area (Å²) in [5.74, 6) is -2.48. The minimum atomic E-state index is -0.903. The third-order valence-electron chi connectivity index (χ3n) is 2.71. The van der Waals surface area contributed by atoms with E-state index >= 15 is 0 Å². The van der Waals surface area contributed by atoms with Crippen molar-refractivity contribution in [2.75, 3.05) is 11.9 Å². The highest BCUT2D eigenvalue weighted by molar-refractivity contribution is 5.84. The highest BCUT2D eigenvalue weighted by Crippen LogP contribution is 2.25. The Morgan fingerprint density at radius 1 is 1.44 bits per heavy atom. The summed E-state index contributed by atoms with van der Waals surface area (Å²) in [4.78, 5) is 22.8. The summed E-state index contributed by atoms with van der Waals surface area (Å²) < 4.78 is 27.4. The van der Waals surface area contributed by atoms with Crippen LogP contribution in [0.1, 0.15) is 23.7 Å². The van der Waals surface area contributed by atoms with Crippen LogP contribution in [0.3, 0.4) is 0 Å². The monoisotopic (exact) mass is 256 g/mol. The van der Waals surface area contributed by atoms with E-state index in [0.717, 1.165) is 17.0 Å². The molecular formula is C12H14F2N2O2. The molecule has 18 heavy (non-hydrogen) atoms. The van der Waals surface area contributed by atoms with Gasteiger partial charge < -0.3 is 10.6 Å². The Hall–Kier alpha value is -1.98. The summed E-state index contributed by atoms with van der Waals surface area (Å²) in [5, 5.41) is 0. The van der Waals surface area contributed by atoms with Gasteiger partial charge in [0.15, 0.2) is 0 Å². The van der Waals surface area contributed by atoms with Gasteiger partial charge in [-0.15, -0.1) is 0 Å². The summed E-state index contributed by atoms with van der Waals surface area (Å²) >= 11 is 0. The van der Waals surface area contributed by atoms with Crippen LogP contribution in [0.25, 0.3) is 0 Å². The van der Waals surface area contributed by atoms with Crippen LogP contribution in [0, 0.1) is 11.6 Å². The standard InChI is InChI=1S/C12H14F2N2O2/c1-3-10(12(15)18)16(2)11-8(13)4-7(6-17)5-9(11)14/h4-6,10H,3H2,1-2H3,(H2,15,18). The third kappa shape index (κ3) is 2.64. The molecule has 1 aromatic carbocycles. The van der Waals surface area contributed by atoms with Gasteiger partial charge in [0, 0.05) is 12.6 Å². The molecule has 2 N–H and O–H groups in total. The van der Waals surface area contributed by atoms with E-state index in [1.807, 2.05) is 0 Å². The molecular weight excluding hydrogens is 242 g/mol. The van der Waals surface area contributed by atoms with E-state index in [1.54, 1.807) is 6.92 Å². The molecule has 1 amide bonds. The minimum Gasteiger partial charge on any atom is -0.368 e. The lowest BCUT2D eigenvalue weighted by atomic mass is 10.1. The van der Waals surface area contributed by atoms with Gasteiger partial charge in [-0.05, 0) is 18.6 Å². The smallest absolute Gasteiger partial charge is 0.240 e. The molecule has 0 heterocycles. The number of amides is 1. The fourth-order valence-electron chi connectivity index (χ4n) is 1.81. The average molecular weight is 256 g/mol. The number of carbonyl (C=O) groups is 2. The molecule has 0 saturated carbocycles. The zero-order valence-electron chi connectivity index (χ0n) is 10.1. The third-order valence-corrected chi connectivity index (χ3v) is 2.71. The van der Waals surface area contributed by atoms with Gasteiger partial charge in [0.25, 0.3) is 0 Å². The van der Waals surface area contributed by atoms with Crippen molar-refractivity contribution in [2.45, 2.75) is 19.4 Å². The molecule has 0 bridgehead atoms. The van der Waals surface area contributed by atoms with E-state index in [-0.39, 0.29) is 11.3 Å². The number of rotatable bonds is 5. The fourth-order valence-corrected chi connectivity index (χ4v) is 1.81. The van der Waals surface area contributed by atoms with Crippen LogP contribution in [-0.2, 0) is 4.79 Å². The molecule has 1 atom stereocenters. The molecule has 0 aliphatic carbocycles. The SMILES string of the molecule is CCC(C(N)=O)N(C)c1c(F)cc(C=O)cc1F. The van der Waals surface area contributed by atoms with Crippen molar-refractivity contribution in [3.05, 3.63) is 29.3 Å². The zero-order chi connectivity index (χ0) is 13.9. The van der Waals surface area contributed by atoms with Crippen LogP contribution < -0.4 is 10.6 Å². The van der Waals surface area contributed by atoms with Gasteiger partial charge in [0.05, 0.1) is 0 Å². The lowest BCUT2D eigenvalue weighted by molar-refractivity contribution is -0.119. The number of anilines is 1. The normalized spacial score (nSPS) is 12.0. The predicted molar refractivity (Wildman–Crippen MR) is 63.4 cm³/mol. The second-order valence-electron chi connectivity index (χ2n) is 3.89. The first-order chi connectivity index (χ1) is 8.42. The van der Waals surface area contributed by atoms with Crippen molar-refractivity contribution in [3.8, 4) is 0 Å². The largest absolute Gasteiger partial charge is 0.368 e. The molecule has 98 valence electrons. The van der Waals surface area contributed by atoms with Crippen molar-refractivity contribution in [1.29, 1.82) is 0 Å². The Morgan fingerprint density at radius 3 is 2.28 bits per heavy atom. The maximum absolute atomic E-state index is 13.7. The maximum Gasteiger partial charge on any atom is 0.240 e. The number of carbonyl (C=O) groups excluding carboxylic acids is 2. The maximum atomic E-state index is 13.7. The topological polar surface area (TPSA) is 63.4 Å². The Bertz CT molecular complexity index is 454. The molecule has 0 spiro atoms. The molecule has 1 unspecified atom stereocenters. The summed E-state index contributed by atoms with van der Waals surface area (Å²) in [5.41, 5.74) is 4.69. The van der Waals surface area contributed by atoms with Crippen molar-refractivity contribution in [1.82, 2.24) is 0 Å². The Labute approximate surface area is 103 Å². The lowest BCUT2D eigenvalue weighted by Crippen LogP contribution is -2.43. The summed E-state index contributed by atoms with van der Waals surface area (Å²) in [7, 11) is 1.38. The predicted octanol–water partition coefficient (Wildman–Crippen LogP) is 1.48. The highest BCUT2D eigenvalue weighted by Gasteiger charge is 2.24. The number of aldehydes is 1. The molecule has 6 heteroatoms. The number of benzene rings is 1. The van der Waals surface area contributed by atoms with Crippen molar-refractivity contribution < 1.29 is 18.4 Å². The number of nitrogens with two attached hydrogens (primary N) is 1. The van der Waals surface area contributed by atoms with Crippen LogP contribution in [0.2, 0.25) is 0 Å². The van der Waals surface area contributed by atoms with Gasteiger partial charge in [0.1, 0.15) is 29.6 Å². The van der Waals surface area contributed by atoms with Crippen LogP contribution in [0.15, 0.2) is 12.1 Å². The van der Waals surface area contributed by atoms with Gasteiger partial charge in [-0.1, -0.05) is 6.92 Å². The number of halogens is 2. The zero-order valence-corrected chi connectivity index (χ0v) is 10.1. The van der Waals surface area contributed by atoms with Gasteiger partial charge in [-0.2, -0.15) is 0 Å². The van der Waals surface area contributed by atoms with Gasteiger partial charge in [-0.25, -0.2) is 8.78 Å². The molecule has 0 saturated heterocycles. The fraction of sp³-hybridized carbons (Fsp3) is 0.333. The van der Waals surface area contributed by atoms with E-state index in [9.17, 15) is 18.4 Å². The number of primary amides is 1. The van der Waals surface area contributed by atoms with Crippen molar-refractivity contribution >= 4 is 17.9 Å². The number of hydrogen-bond acceptors (Lipinski definition) is 3. The first kappa shape index (κ1) is 14.1. The molecule has 0 radical (unpaired) electrons. The minimum absolute atomic E-state index is 0.103. The molecule has 1 aromatic rings. The number of nitrogens with zero attached hydrogens (tertiary/aromatic N) is 1. The number of hydrogen-bond donors (Lipinski definition) is 1. The van der Waals surface area contributed by atoms with Gasteiger partial charge in [-0.3, -0.25) is 9.59 Å². The summed E-state index contributed by atoms with van der Waals surface area (Å²) in [6, 6.07) is 1.02. The molecule has 0 aliphatic heterocycles. The van der Waals surface area contributed by atoms with Gasteiger partial charge in [0.2, 0.25) is 5.91 Å².